The topological polar surface area (TPSA) is 42.2 Å². The van der Waals surface area contributed by atoms with E-state index in [0.717, 1.165) is 11.3 Å². The van der Waals surface area contributed by atoms with Crippen LogP contribution >= 0.6 is 11.3 Å². The third kappa shape index (κ3) is 3.87. The fraction of sp³-hybridized carbons (Fsp3) is 0.167. The summed E-state index contributed by atoms with van der Waals surface area (Å²) in [5, 5.41) is 4.79. The number of carbonyl (C=O) groups is 1. The molecule has 0 saturated heterocycles. The molecule has 2 aromatic heterocycles. The highest BCUT2D eigenvalue weighted by molar-refractivity contribution is 7.12. The smallest absolute Gasteiger partial charge is 0.261 e. The van der Waals surface area contributed by atoms with E-state index in [-0.39, 0.29) is 17.6 Å². The second kappa shape index (κ2) is 7.24. The number of carbonyl (C=O) groups excluding carboxylic acids is 1. The Kier molecular flexibility index (Phi) is 4.88. The lowest BCUT2D eigenvalue weighted by Crippen LogP contribution is -2.25. The van der Waals surface area contributed by atoms with Crippen LogP contribution in [0.3, 0.4) is 0 Å². The minimum Gasteiger partial charge on any atom is -0.469 e. The number of nitrogens with one attached hydrogen (secondary N) is 1. The SMILES string of the molecule is O=C(NCC[C@H](c1ccc(F)cc1)c1ccco1)c1cccs1. The first-order chi connectivity index (χ1) is 11.2. The van der Waals surface area contributed by atoms with E-state index >= 15 is 0 Å². The minimum absolute atomic E-state index is 0.0192. The molecule has 3 aromatic rings. The van der Waals surface area contributed by atoms with Crippen LogP contribution in [-0.2, 0) is 0 Å². The first-order valence-corrected chi connectivity index (χ1v) is 8.22. The van der Waals surface area contributed by atoms with Crippen LogP contribution in [0.25, 0.3) is 0 Å². The number of hydrogen-bond donors (Lipinski definition) is 1. The zero-order valence-corrected chi connectivity index (χ0v) is 13.2. The van der Waals surface area contributed by atoms with Crippen molar-refractivity contribution in [3.05, 3.63) is 82.2 Å². The van der Waals surface area contributed by atoms with Gasteiger partial charge in [-0.1, -0.05) is 18.2 Å². The molecule has 3 nitrogen and oxygen atoms in total. The number of rotatable bonds is 6. The first kappa shape index (κ1) is 15.5. The number of hydrogen-bond acceptors (Lipinski definition) is 3. The molecule has 0 aliphatic rings. The summed E-state index contributed by atoms with van der Waals surface area (Å²) in [5.74, 6) is 0.450. The Morgan fingerprint density at radius 1 is 1.17 bits per heavy atom. The monoisotopic (exact) mass is 329 g/mol. The first-order valence-electron chi connectivity index (χ1n) is 7.34. The predicted octanol–water partition coefficient (Wildman–Crippen LogP) is 4.43. The van der Waals surface area contributed by atoms with Gasteiger partial charge in [0, 0.05) is 12.5 Å². The summed E-state index contributed by atoms with van der Waals surface area (Å²) in [6.07, 6.45) is 2.30. The van der Waals surface area contributed by atoms with Gasteiger partial charge in [-0.3, -0.25) is 4.79 Å². The molecule has 0 saturated carbocycles. The molecule has 1 atom stereocenters. The number of amides is 1. The molecule has 0 fully saturated rings. The summed E-state index contributed by atoms with van der Waals surface area (Å²) in [6.45, 7) is 0.513. The summed E-state index contributed by atoms with van der Waals surface area (Å²) in [5.41, 5.74) is 0.965. The van der Waals surface area contributed by atoms with E-state index in [1.165, 1.54) is 23.5 Å². The van der Waals surface area contributed by atoms with Crippen molar-refractivity contribution in [2.45, 2.75) is 12.3 Å². The number of halogens is 1. The highest BCUT2D eigenvalue weighted by Gasteiger charge is 2.17. The van der Waals surface area contributed by atoms with Crippen LogP contribution in [0.15, 0.2) is 64.6 Å². The van der Waals surface area contributed by atoms with Crippen molar-refractivity contribution in [3.63, 3.8) is 0 Å². The van der Waals surface area contributed by atoms with E-state index in [0.29, 0.717) is 17.8 Å². The zero-order chi connectivity index (χ0) is 16.1. The van der Waals surface area contributed by atoms with Crippen molar-refractivity contribution in [1.82, 2.24) is 5.32 Å². The average molecular weight is 329 g/mol. The van der Waals surface area contributed by atoms with E-state index < -0.39 is 0 Å². The molecule has 3 rings (SSSR count). The molecule has 0 unspecified atom stereocenters. The number of benzene rings is 1. The summed E-state index contributed by atoms with van der Waals surface area (Å²) in [6, 6.07) is 13.8. The second-order valence-electron chi connectivity index (χ2n) is 5.14. The zero-order valence-electron chi connectivity index (χ0n) is 12.4. The van der Waals surface area contributed by atoms with Gasteiger partial charge in [0.05, 0.1) is 11.1 Å². The largest absolute Gasteiger partial charge is 0.469 e. The van der Waals surface area contributed by atoms with Crippen LogP contribution in [0.4, 0.5) is 4.39 Å². The number of thiophene rings is 1. The van der Waals surface area contributed by atoms with Gasteiger partial charge in [-0.2, -0.15) is 0 Å². The Balaban J connectivity index is 1.67. The van der Waals surface area contributed by atoms with Gasteiger partial charge < -0.3 is 9.73 Å². The normalized spacial score (nSPS) is 12.0. The van der Waals surface area contributed by atoms with Crippen LogP contribution in [-0.4, -0.2) is 12.5 Å². The quantitative estimate of drug-likeness (QED) is 0.727. The third-order valence-corrected chi connectivity index (χ3v) is 4.49. The molecule has 23 heavy (non-hydrogen) atoms. The minimum atomic E-state index is -0.266. The van der Waals surface area contributed by atoms with E-state index in [9.17, 15) is 9.18 Å². The molecule has 2 heterocycles. The maximum absolute atomic E-state index is 13.1. The van der Waals surface area contributed by atoms with Crippen molar-refractivity contribution < 1.29 is 13.6 Å². The Hall–Kier alpha value is -2.40. The van der Waals surface area contributed by atoms with E-state index in [1.807, 2.05) is 23.6 Å². The van der Waals surface area contributed by atoms with Gasteiger partial charge in [-0.15, -0.1) is 11.3 Å². The van der Waals surface area contributed by atoms with Gasteiger partial charge in [0.2, 0.25) is 0 Å². The lowest BCUT2D eigenvalue weighted by molar-refractivity contribution is 0.0956. The van der Waals surface area contributed by atoms with Gasteiger partial charge in [-0.05, 0) is 47.7 Å². The fourth-order valence-corrected chi connectivity index (χ4v) is 3.12. The molecule has 0 aliphatic heterocycles. The molecule has 118 valence electrons. The van der Waals surface area contributed by atoms with Gasteiger partial charge >= 0.3 is 0 Å². The van der Waals surface area contributed by atoms with Gasteiger partial charge in [0.25, 0.3) is 5.91 Å². The predicted molar refractivity (Wildman–Crippen MR) is 88.2 cm³/mol. The summed E-state index contributed by atoms with van der Waals surface area (Å²) in [4.78, 5) is 12.7. The highest BCUT2D eigenvalue weighted by Crippen LogP contribution is 2.28. The fourth-order valence-electron chi connectivity index (χ4n) is 2.48. The lowest BCUT2D eigenvalue weighted by atomic mass is 9.93. The van der Waals surface area contributed by atoms with Crippen LogP contribution in [0.2, 0.25) is 0 Å². The van der Waals surface area contributed by atoms with Crippen LogP contribution in [0.1, 0.15) is 33.3 Å². The third-order valence-electron chi connectivity index (χ3n) is 3.62. The lowest BCUT2D eigenvalue weighted by Gasteiger charge is -2.15. The molecule has 0 spiro atoms. The average Bonchev–Trinajstić information content (AvgIpc) is 3.26. The molecule has 1 N–H and O–H groups in total. The molecular formula is C18H16FNO2S. The van der Waals surface area contributed by atoms with E-state index in [4.69, 9.17) is 4.42 Å². The molecule has 1 aromatic carbocycles. The maximum atomic E-state index is 13.1. The maximum Gasteiger partial charge on any atom is 0.261 e. The highest BCUT2D eigenvalue weighted by atomic mass is 32.1. The van der Waals surface area contributed by atoms with E-state index in [1.54, 1.807) is 24.5 Å². The molecular weight excluding hydrogens is 313 g/mol. The van der Waals surface area contributed by atoms with E-state index in [2.05, 4.69) is 5.32 Å². The second-order valence-corrected chi connectivity index (χ2v) is 6.09. The summed E-state index contributed by atoms with van der Waals surface area (Å²) < 4.78 is 18.6. The molecule has 0 bridgehead atoms. The molecule has 0 aliphatic carbocycles. The Labute approximate surface area is 137 Å². The van der Waals surface area contributed by atoms with Crippen LogP contribution in [0.5, 0.6) is 0 Å². The molecule has 5 heteroatoms. The van der Waals surface area contributed by atoms with Crippen molar-refractivity contribution in [1.29, 1.82) is 0 Å². The van der Waals surface area contributed by atoms with Crippen LogP contribution in [0, 0.1) is 5.82 Å². The van der Waals surface area contributed by atoms with Crippen molar-refractivity contribution in [2.75, 3.05) is 6.54 Å². The number of furan rings is 1. The summed E-state index contributed by atoms with van der Waals surface area (Å²) >= 11 is 1.41. The van der Waals surface area contributed by atoms with Crippen molar-refractivity contribution in [3.8, 4) is 0 Å². The van der Waals surface area contributed by atoms with Crippen LogP contribution < -0.4 is 5.32 Å². The van der Waals surface area contributed by atoms with Crippen molar-refractivity contribution in [2.24, 2.45) is 0 Å². The van der Waals surface area contributed by atoms with Gasteiger partial charge in [0.1, 0.15) is 11.6 Å². The van der Waals surface area contributed by atoms with Gasteiger partial charge in [0.15, 0.2) is 0 Å². The molecule has 0 radical (unpaired) electrons. The van der Waals surface area contributed by atoms with Gasteiger partial charge in [-0.25, -0.2) is 4.39 Å². The standard InChI is InChI=1S/C18H16FNO2S/c19-14-7-5-13(6-8-14)15(16-3-1-11-22-16)9-10-20-18(21)17-4-2-12-23-17/h1-8,11-12,15H,9-10H2,(H,20,21)/t15-/m1/s1. The van der Waals surface area contributed by atoms with Crippen molar-refractivity contribution >= 4 is 17.2 Å². The molecule has 1 amide bonds. The Bertz CT molecular complexity index is 736. The Morgan fingerprint density at radius 3 is 2.65 bits per heavy atom. The summed E-state index contributed by atoms with van der Waals surface area (Å²) in [7, 11) is 0. The Morgan fingerprint density at radius 2 is 2.00 bits per heavy atom.